The van der Waals surface area contributed by atoms with Crippen LogP contribution in [0.5, 0.6) is 0 Å². The lowest BCUT2D eigenvalue weighted by atomic mass is 10.2. The molecule has 1 unspecified atom stereocenters. The van der Waals surface area contributed by atoms with Crippen molar-refractivity contribution in [2.75, 3.05) is 19.3 Å². The van der Waals surface area contributed by atoms with Crippen LogP contribution in [0.15, 0.2) is 0 Å². The van der Waals surface area contributed by atoms with Crippen LogP contribution in [-0.2, 0) is 14.7 Å². The molecule has 0 aromatic rings. The van der Waals surface area contributed by atoms with Gasteiger partial charge in [0, 0.05) is 19.3 Å². The molecular weight excluding hydrogens is 262 g/mol. The third-order valence-electron chi connectivity index (χ3n) is 2.09. The summed E-state index contributed by atoms with van der Waals surface area (Å²) in [7, 11) is -3.11. The van der Waals surface area contributed by atoms with E-state index in [9.17, 15) is 13.2 Å². The van der Waals surface area contributed by atoms with Gasteiger partial charge in [-0.05, 0) is 27.2 Å². The summed E-state index contributed by atoms with van der Waals surface area (Å²) in [4.78, 5) is 15.4. The van der Waals surface area contributed by atoms with Crippen LogP contribution < -0.4 is 0 Å². The second-order valence-electron chi connectivity index (χ2n) is 5.21. The smallest absolute Gasteiger partial charge is 0.391 e. The first kappa shape index (κ1) is 17.1. The van der Waals surface area contributed by atoms with Crippen molar-refractivity contribution in [1.29, 1.82) is 0 Å². The van der Waals surface area contributed by atoms with Gasteiger partial charge in [-0.25, -0.2) is 13.2 Å². The van der Waals surface area contributed by atoms with E-state index in [4.69, 9.17) is 10.4 Å². The number of nitrogens with zero attached hydrogens (tertiary/aromatic N) is 1. The highest BCUT2D eigenvalue weighted by molar-refractivity contribution is 7.91. The van der Waals surface area contributed by atoms with E-state index in [2.05, 4.69) is 4.89 Å². The van der Waals surface area contributed by atoms with Crippen molar-refractivity contribution in [3.63, 3.8) is 0 Å². The molecule has 0 saturated carbocycles. The van der Waals surface area contributed by atoms with Gasteiger partial charge in [-0.1, -0.05) is 0 Å². The van der Waals surface area contributed by atoms with Crippen LogP contribution in [0.2, 0.25) is 0 Å². The van der Waals surface area contributed by atoms with Gasteiger partial charge >= 0.3 is 6.09 Å². The average Bonchev–Trinajstić information content (AvgIpc) is 2.61. The Bertz CT molecular complexity index is 366. The summed E-state index contributed by atoms with van der Waals surface area (Å²) >= 11 is 0. The predicted molar refractivity (Wildman–Crippen MR) is 65.9 cm³/mol. The van der Waals surface area contributed by atoms with Crippen LogP contribution in [0.25, 0.3) is 0 Å². The molecule has 1 heterocycles. The molecule has 0 radical (unpaired) electrons. The van der Waals surface area contributed by atoms with E-state index in [0.29, 0.717) is 13.0 Å². The molecular formula is C10H21NO6S. The van der Waals surface area contributed by atoms with Crippen LogP contribution in [0, 0.1) is 0 Å². The summed E-state index contributed by atoms with van der Waals surface area (Å²) in [5.74, 6) is 0. The Morgan fingerprint density at radius 1 is 1.39 bits per heavy atom. The summed E-state index contributed by atoms with van der Waals surface area (Å²) in [6, 6.07) is 0. The average molecular weight is 283 g/mol. The quantitative estimate of drug-likeness (QED) is 0.536. The highest BCUT2D eigenvalue weighted by Crippen LogP contribution is 2.16. The van der Waals surface area contributed by atoms with Gasteiger partial charge in [-0.15, -0.1) is 0 Å². The van der Waals surface area contributed by atoms with Crippen molar-refractivity contribution < 1.29 is 28.5 Å². The largest absolute Gasteiger partial charge is 0.441 e. The van der Waals surface area contributed by atoms with E-state index in [0.717, 1.165) is 11.2 Å². The first-order valence-electron chi connectivity index (χ1n) is 5.46. The molecule has 1 aliphatic rings. The predicted octanol–water partition coefficient (Wildman–Crippen LogP) is 0.492. The van der Waals surface area contributed by atoms with Crippen molar-refractivity contribution in [3.8, 4) is 0 Å². The molecule has 0 aromatic carbocycles. The lowest BCUT2D eigenvalue weighted by molar-refractivity contribution is -0.186. The molecule has 1 atom stereocenters. The van der Waals surface area contributed by atoms with Crippen LogP contribution in [0.4, 0.5) is 4.79 Å². The number of carbonyl (C=O) groups excluding carboxylic acids is 1. The molecule has 1 rings (SSSR count). The molecule has 18 heavy (non-hydrogen) atoms. The first-order chi connectivity index (χ1) is 7.95. The topological polar surface area (TPSA) is 104 Å². The number of sulfone groups is 1. The van der Waals surface area contributed by atoms with Crippen LogP contribution >= 0.6 is 0 Å². The zero-order chi connectivity index (χ0) is 14.6. The molecule has 7 nitrogen and oxygen atoms in total. The summed E-state index contributed by atoms with van der Waals surface area (Å²) < 4.78 is 22.1. The van der Waals surface area contributed by atoms with Gasteiger partial charge in [0.15, 0.2) is 9.84 Å². The lowest BCUT2D eigenvalue weighted by Crippen LogP contribution is -2.31. The molecule has 2 N–H and O–H groups in total. The Hall–Kier alpha value is -0.860. The summed E-state index contributed by atoms with van der Waals surface area (Å²) in [5.41, 5.74) is -0.500. The van der Waals surface area contributed by atoms with Gasteiger partial charge in [0.25, 0.3) is 0 Å². The highest BCUT2D eigenvalue weighted by atomic mass is 32.2. The minimum absolute atomic E-state index is 0.0955. The molecule has 0 bridgehead atoms. The van der Waals surface area contributed by atoms with E-state index in [-0.39, 0.29) is 6.54 Å². The third kappa shape index (κ3) is 7.46. The Kier molecular flexibility index (Phi) is 6.05. The molecule has 0 aromatic heterocycles. The van der Waals surface area contributed by atoms with E-state index in [1.165, 1.54) is 0 Å². The SMILES string of the molecule is CC(C)(C)O.CS(=O)(=O)C1CCN(C(=O)OO)C1. The Balaban J connectivity index is 0.000000494. The number of carbonyl (C=O) groups is 1. The van der Waals surface area contributed by atoms with Gasteiger partial charge in [0.1, 0.15) is 0 Å². The maximum absolute atomic E-state index is 11.0. The second-order valence-corrected chi connectivity index (χ2v) is 7.54. The number of hydrogen-bond donors (Lipinski definition) is 2. The molecule has 0 spiro atoms. The minimum atomic E-state index is -3.11. The fraction of sp³-hybridized carbons (Fsp3) is 0.900. The second kappa shape index (κ2) is 6.35. The van der Waals surface area contributed by atoms with Crippen LogP contribution in [-0.4, -0.2) is 60.0 Å². The van der Waals surface area contributed by atoms with Crippen LogP contribution in [0.1, 0.15) is 27.2 Å². The van der Waals surface area contributed by atoms with Crippen molar-refractivity contribution >= 4 is 15.9 Å². The van der Waals surface area contributed by atoms with E-state index in [1.54, 1.807) is 20.8 Å². The van der Waals surface area contributed by atoms with Crippen molar-refractivity contribution in [2.45, 2.75) is 38.0 Å². The fourth-order valence-electron chi connectivity index (χ4n) is 1.30. The minimum Gasteiger partial charge on any atom is -0.391 e. The van der Waals surface area contributed by atoms with Crippen molar-refractivity contribution in [1.82, 2.24) is 4.90 Å². The van der Waals surface area contributed by atoms with E-state index >= 15 is 0 Å². The summed E-state index contributed by atoms with van der Waals surface area (Å²) in [5, 5.41) is 16.0. The van der Waals surface area contributed by atoms with Gasteiger partial charge in [-0.3, -0.25) is 4.89 Å². The van der Waals surface area contributed by atoms with Crippen molar-refractivity contribution in [3.05, 3.63) is 0 Å². The zero-order valence-corrected chi connectivity index (χ0v) is 11.9. The van der Waals surface area contributed by atoms with Gasteiger partial charge in [0.2, 0.25) is 0 Å². The van der Waals surface area contributed by atoms with E-state index in [1.807, 2.05) is 0 Å². The molecule has 108 valence electrons. The zero-order valence-electron chi connectivity index (χ0n) is 11.1. The number of hydrogen-bond acceptors (Lipinski definition) is 6. The Morgan fingerprint density at radius 3 is 2.11 bits per heavy atom. The maximum Gasteiger partial charge on any atom is 0.441 e. The number of rotatable bonds is 1. The Morgan fingerprint density at radius 2 is 1.83 bits per heavy atom. The number of aliphatic hydroxyl groups is 1. The molecule has 1 saturated heterocycles. The molecule has 8 heteroatoms. The standard InChI is InChI=1S/C6H11NO5S.C4H10O/c1-13(10,11)5-2-3-7(4-5)6(8)12-9;1-4(2,3)5/h5,9H,2-4H2,1H3;5H,1-3H3. The van der Waals surface area contributed by atoms with Crippen LogP contribution in [0.3, 0.4) is 0 Å². The third-order valence-corrected chi connectivity index (χ3v) is 3.68. The first-order valence-corrected chi connectivity index (χ1v) is 7.42. The molecule has 0 aliphatic carbocycles. The lowest BCUT2D eigenvalue weighted by Gasteiger charge is -2.11. The number of amides is 1. The Labute approximate surface area is 107 Å². The van der Waals surface area contributed by atoms with Gasteiger partial charge < -0.3 is 10.0 Å². The highest BCUT2D eigenvalue weighted by Gasteiger charge is 2.33. The van der Waals surface area contributed by atoms with Crippen molar-refractivity contribution in [2.24, 2.45) is 0 Å². The number of likely N-dealkylation sites (tertiary alicyclic amines) is 1. The van der Waals surface area contributed by atoms with Gasteiger partial charge in [0.05, 0.1) is 10.9 Å². The normalized spacial score (nSPS) is 20.1. The summed E-state index contributed by atoms with van der Waals surface area (Å²) in [6.07, 6.45) is 0.630. The molecule has 1 amide bonds. The fourth-order valence-corrected chi connectivity index (χ4v) is 2.29. The van der Waals surface area contributed by atoms with Gasteiger partial charge in [-0.2, -0.15) is 5.26 Å². The monoisotopic (exact) mass is 283 g/mol. The van der Waals surface area contributed by atoms with E-state index < -0.39 is 26.8 Å². The maximum atomic E-state index is 11.0. The molecule has 1 aliphatic heterocycles. The summed E-state index contributed by atoms with van der Waals surface area (Å²) in [6.45, 7) is 5.63. The molecule has 1 fully saturated rings.